The van der Waals surface area contributed by atoms with Crippen LogP contribution in [-0.4, -0.2) is 17.2 Å². The van der Waals surface area contributed by atoms with Crippen molar-refractivity contribution in [3.63, 3.8) is 0 Å². The highest BCUT2D eigenvalue weighted by molar-refractivity contribution is 5.85. The van der Waals surface area contributed by atoms with Crippen LogP contribution < -0.4 is 4.90 Å². The van der Waals surface area contributed by atoms with Crippen molar-refractivity contribution in [1.29, 1.82) is 0 Å². The second-order valence-corrected chi connectivity index (χ2v) is 5.47. The minimum atomic E-state index is 0.818. The molecule has 0 fully saturated rings. The maximum atomic E-state index is 4.29. The number of rotatable bonds is 3. The molecule has 0 N–H and O–H groups in total. The summed E-state index contributed by atoms with van der Waals surface area (Å²) in [5.74, 6) is 0.908. The van der Waals surface area contributed by atoms with Crippen molar-refractivity contribution >= 4 is 16.6 Å². The summed E-state index contributed by atoms with van der Waals surface area (Å²) in [5.41, 5.74) is 3.46. The third-order valence-corrected chi connectivity index (χ3v) is 3.90. The zero-order valence-corrected chi connectivity index (χ0v) is 12.7. The average molecular weight is 277 g/mol. The summed E-state index contributed by atoms with van der Waals surface area (Å²) in [5, 5.41) is 11.1. The van der Waals surface area contributed by atoms with Crippen molar-refractivity contribution in [3.8, 4) is 0 Å². The quantitative estimate of drug-likeness (QED) is 0.727. The number of nitrogens with zero attached hydrogens (tertiary/aromatic N) is 3. The average Bonchev–Trinajstić information content (AvgIpc) is 2.50. The van der Waals surface area contributed by atoms with Crippen LogP contribution >= 0.6 is 0 Å². The zero-order chi connectivity index (χ0) is 14.8. The highest BCUT2D eigenvalue weighted by Gasteiger charge is 2.08. The Morgan fingerprint density at radius 3 is 2.52 bits per heavy atom. The summed E-state index contributed by atoms with van der Waals surface area (Å²) >= 11 is 0. The van der Waals surface area contributed by atoms with E-state index in [2.05, 4.69) is 77.6 Å². The molecule has 0 radical (unpaired) electrons. The Morgan fingerprint density at radius 2 is 1.71 bits per heavy atom. The van der Waals surface area contributed by atoms with E-state index in [0.717, 1.165) is 18.1 Å². The van der Waals surface area contributed by atoms with Gasteiger partial charge in [0.1, 0.15) is 0 Å². The molecule has 3 rings (SSSR count). The van der Waals surface area contributed by atoms with Crippen molar-refractivity contribution in [2.75, 3.05) is 11.9 Å². The molecule has 1 heterocycles. The second kappa shape index (κ2) is 5.52. The summed E-state index contributed by atoms with van der Waals surface area (Å²) < 4.78 is 0. The molecule has 21 heavy (non-hydrogen) atoms. The molecule has 0 unspecified atom stereocenters. The molecule has 3 aromatic rings. The van der Waals surface area contributed by atoms with Crippen LogP contribution in [0.1, 0.15) is 16.8 Å². The van der Waals surface area contributed by atoms with Crippen LogP contribution in [0.3, 0.4) is 0 Å². The summed E-state index contributed by atoms with van der Waals surface area (Å²) in [7, 11) is 2.06. The number of aromatic nitrogens is 2. The topological polar surface area (TPSA) is 29.0 Å². The molecule has 3 nitrogen and oxygen atoms in total. The van der Waals surface area contributed by atoms with Crippen molar-refractivity contribution in [3.05, 3.63) is 65.4 Å². The van der Waals surface area contributed by atoms with Crippen LogP contribution in [0.25, 0.3) is 10.8 Å². The molecule has 0 spiro atoms. The van der Waals surface area contributed by atoms with Gasteiger partial charge in [-0.2, -0.15) is 5.10 Å². The first-order valence-electron chi connectivity index (χ1n) is 7.14. The molecule has 0 atom stereocenters. The highest BCUT2D eigenvalue weighted by Crippen LogP contribution is 2.21. The van der Waals surface area contributed by atoms with Gasteiger partial charge in [-0.3, -0.25) is 0 Å². The molecular formula is C18H19N3. The van der Waals surface area contributed by atoms with Gasteiger partial charge in [-0.25, -0.2) is 0 Å². The highest BCUT2D eigenvalue weighted by atomic mass is 15.2. The lowest BCUT2D eigenvalue weighted by atomic mass is 10.0. The molecule has 2 aromatic carbocycles. The first kappa shape index (κ1) is 13.6. The van der Waals surface area contributed by atoms with E-state index in [1.165, 1.54) is 21.9 Å². The van der Waals surface area contributed by atoms with E-state index in [9.17, 15) is 0 Å². The van der Waals surface area contributed by atoms with Gasteiger partial charge < -0.3 is 4.90 Å². The molecule has 0 aliphatic rings. The second-order valence-electron chi connectivity index (χ2n) is 5.47. The first-order chi connectivity index (χ1) is 10.1. The monoisotopic (exact) mass is 277 g/mol. The Bertz CT molecular complexity index is 775. The van der Waals surface area contributed by atoms with E-state index >= 15 is 0 Å². The Labute approximate surface area is 125 Å². The van der Waals surface area contributed by atoms with Gasteiger partial charge in [0.2, 0.25) is 0 Å². The summed E-state index contributed by atoms with van der Waals surface area (Å²) in [6.07, 6.45) is 0. The lowest BCUT2D eigenvalue weighted by Gasteiger charge is -2.19. The lowest BCUT2D eigenvalue weighted by molar-refractivity contribution is 0.854. The molecule has 0 amide bonds. The van der Waals surface area contributed by atoms with Gasteiger partial charge in [0.05, 0.1) is 5.69 Å². The molecule has 0 aliphatic carbocycles. The molecule has 0 aliphatic heterocycles. The number of anilines is 1. The number of aryl methyl sites for hydroxylation is 2. The van der Waals surface area contributed by atoms with Gasteiger partial charge >= 0.3 is 0 Å². The normalized spacial score (nSPS) is 10.8. The number of hydrogen-bond acceptors (Lipinski definition) is 3. The maximum Gasteiger partial charge on any atom is 0.151 e. The van der Waals surface area contributed by atoms with Crippen molar-refractivity contribution in [2.24, 2.45) is 0 Å². The molecule has 3 heteroatoms. The Kier molecular flexibility index (Phi) is 3.57. The minimum absolute atomic E-state index is 0.818. The third-order valence-electron chi connectivity index (χ3n) is 3.90. The van der Waals surface area contributed by atoms with Gasteiger partial charge in [0.15, 0.2) is 5.82 Å². The van der Waals surface area contributed by atoms with Crippen LogP contribution in [-0.2, 0) is 6.54 Å². The molecule has 0 saturated heterocycles. The van der Waals surface area contributed by atoms with Gasteiger partial charge in [-0.1, -0.05) is 42.5 Å². The molecule has 1 aromatic heterocycles. The summed E-state index contributed by atoms with van der Waals surface area (Å²) in [6, 6.07) is 17.0. The van der Waals surface area contributed by atoms with E-state index in [4.69, 9.17) is 0 Å². The van der Waals surface area contributed by atoms with Gasteiger partial charge in [-0.05, 0) is 41.8 Å². The van der Waals surface area contributed by atoms with Crippen LogP contribution in [0.2, 0.25) is 0 Å². The summed E-state index contributed by atoms with van der Waals surface area (Å²) in [4.78, 5) is 2.14. The fourth-order valence-electron chi connectivity index (χ4n) is 2.49. The van der Waals surface area contributed by atoms with Gasteiger partial charge in [0, 0.05) is 13.6 Å². The zero-order valence-electron chi connectivity index (χ0n) is 12.7. The molecule has 0 saturated carbocycles. The summed E-state index contributed by atoms with van der Waals surface area (Å²) in [6.45, 7) is 4.87. The van der Waals surface area contributed by atoms with Gasteiger partial charge in [-0.15, -0.1) is 5.10 Å². The smallest absolute Gasteiger partial charge is 0.151 e. The minimum Gasteiger partial charge on any atom is -0.354 e. The Balaban J connectivity index is 1.92. The predicted octanol–water partition coefficient (Wildman–Crippen LogP) is 3.88. The van der Waals surface area contributed by atoms with E-state index in [1.54, 1.807) is 0 Å². The first-order valence-corrected chi connectivity index (χ1v) is 7.14. The lowest BCUT2D eigenvalue weighted by Crippen LogP contribution is -2.18. The molecule has 106 valence electrons. The van der Waals surface area contributed by atoms with E-state index < -0.39 is 0 Å². The van der Waals surface area contributed by atoms with E-state index in [0.29, 0.717) is 0 Å². The predicted molar refractivity (Wildman–Crippen MR) is 87.6 cm³/mol. The number of hydrogen-bond donors (Lipinski definition) is 0. The Hall–Kier alpha value is -2.42. The largest absolute Gasteiger partial charge is 0.354 e. The van der Waals surface area contributed by atoms with Crippen LogP contribution in [0.15, 0.2) is 48.5 Å². The fraction of sp³-hybridized carbons (Fsp3) is 0.222. The number of benzene rings is 2. The maximum absolute atomic E-state index is 4.29. The van der Waals surface area contributed by atoms with Gasteiger partial charge in [0.25, 0.3) is 0 Å². The van der Waals surface area contributed by atoms with Crippen molar-refractivity contribution in [1.82, 2.24) is 10.2 Å². The van der Waals surface area contributed by atoms with Crippen LogP contribution in [0, 0.1) is 13.8 Å². The van der Waals surface area contributed by atoms with E-state index in [-0.39, 0.29) is 0 Å². The third kappa shape index (κ3) is 2.72. The van der Waals surface area contributed by atoms with Crippen LogP contribution in [0.4, 0.5) is 5.82 Å². The van der Waals surface area contributed by atoms with E-state index in [1.807, 2.05) is 6.92 Å². The molecular weight excluding hydrogens is 258 g/mol. The van der Waals surface area contributed by atoms with Crippen molar-refractivity contribution < 1.29 is 0 Å². The Morgan fingerprint density at radius 1 is 0.952 bits per heavy atom. The standard InChI is InChI=1S/C18H19N3/c1-13-11-18(20-19-14(13)2)21(3)12-16-9-6-8-15-7-4-5-10-17(15)16/h4-11H,12H2,1-3H3. The van der Waals surface area contributed by atoms with Crippen LogP contribution in [0.5, 0.6) is 0 Å². The molecule has 0 bridgehead atoms. The van der Waals surface area contributed by atoms with Crippen molar-refractivity contribution in [2.45, 2.75) is 20.4 Å². The fourth-order valence-corrected chi connectivity index (χ4v) is 2.49. The number of fused-ring (bicyclic) bond motifs is 1. The SMILES string of the molecule is Cc1cc(N(C)Cc2cccc3ccccc23)nnc1C.